The molecule has 0 saturated heterocycles. The molecular formula is C15H26O. The van der Waals surface area contributed by atoms with E-state index in [0.717, 1.165) is 12.8 Å². The van der Waals surface area contributed by atoms with Gasteiger partial charge in [-0.2, -0.15) is 0 Å². The summed E-state index contributed by atoms with van der Waals surface area (Å²) in [4.78, 5) is 0. The molecule has 2 aliphatic carbocycles. The van der Waals surface area contributed by atoms with E-state index in [2.05, 4.69) is 33.8 Å². The molecule has 2 aliphatic rings. The Morgan fingerprint density at radius 1 is 1.38 bits per heavy atom. The number of fused-ring (bicyclic) bond motifs is 1. The summed E-state index contributed by atoms with van der Waals surface area (Å²) < 4.78 is 0. The van der Waals surface area contributed by atoms with Gasteiger partial charge in [-0.1, -0.05) is 32.4 Å². The van der Waals surface area contributed by atoms with Crippen molar-refractivity contribution in [2.75, 3.05) is 0 Å². The fourth-order valence-corrected chi connectivity index (χ4v) is 3.79. The summed E-state index contributed by atoms with van der Waals surface area (Å²) in [7, 11) is 0. The Balaban J connectivity index is 2.32. The van der Waals surface area contributed by atoms with Gasteiger partial charge in [-0.25, -0.2) is 0 Å². The van der Waals surface area contributed by atoms with Gasteiger partial charge < -0.3 is 5.11 Å². The van der Waals surface area contributed by atoms with Crippen LogP contribution in [-0.2, 0) is 0 Å². The zero-order valence-corrected chi connectivity index (χ0v) is 11.2. The van der Waals surface area contributed by atoms with E-state index in [1.807, 2.05) is 0 Å². The average molecular weight is 222 g/mol. The zero-order valence-electron chi connectivity index (χ0n) is 11.2. The van der Waals surface area contributed by atoms with Crippen LogP contribution in [-0.4, -0.2) is 10.7 Å². The maximum Gasteiger partial charge on any atom is 0.0741 e. The Hall–Kier alpha value is -0.300. The number of hydrogen-bond acceptors (Lipinski definition) is 1. The maximum absolute atomic E-state index is 11.0. The molecule has 0 aromatic heterocycles. The Kier molecular flexibility index (Phi) is 3.18. The topological polar surface area (TPSA) is 20.2 Å². The smallest absolute Gasteiger partial charge is 0.0741 e. The Morgan fingerprint density at radius 2 is 2.06 bits per heavy atom. The predicted molar refractivity (Wildman–Crippen MR) is 68.2 cm³/mol. The number of allylic oxidation sites excluding steroid dienone is 1. The highest BCUT2D eigenvalue weighted by molar-refractivity contribution is 5.17. The fourth-order valence-electron chi connectivity index (χ4n) is 3.79. The van der Waals surface area contributed by atoms with Crippen LogP contribution < -0.4 is 0 Å². The molecule has 0 aromatic carbocycles. The van der Waals surface area contributed by atoms with Crippen LogP contribution in [0.15, 0.2) is 11.6 Å². The van der Waals surface area contributed by atoms with E-state index in [1.165, 1.54) is 18.4 Å². The monoisotopic (exact) mass is 222 g/mol. The van der Waals surface area contributed by atoms with Crippen LogP contribution in [0.3, 0.4) is 0 Å². The van der Waals surface area contributed by atoms with Crippen molar-refractivity contribution in [2.24, 2.45) is 23.7 Å². The van der Waals surface area contributed by atoms with Crippen LogP contribution >= 0.6 is 0 Å². The summed E-state index contributed by atoms with van der Waals surface area (Å²) in [6.45, 7) is 9.06. The number of rotatable bonds is 1. The summed E-state index contributed by atoms with van der Waals surface area (Å²) in [5.74, 6) is 2.24. The van der Waals surface area contributed by atoms with Crippen LogP contribution in [0.1, 0.15) is 53.4 Å². The minimum atomic E-state index is -0.410. The Morgan fingerprint density at radius 3 is 2.69 bits per heavy atom. The van der Waals surface area contributed by atoms with E-state index in [9.17, 15) is 5.11 Å². The van der Waals surface area contributed by atoms with Gasteiger partial charge in [0.05, 0.1) is 5.60 Å². The van der Waals surface area contributed by atoms with E-state index in [0.29, 0.717) is 23.7 Å². The molecule has 0 radical (unpaired) electrons. The van der Waals surface area contributed by atoms with Gasteiger partial charge in [-0.05, 0) is 50.4 Å². The lowest BCUT2D eigenvalue weighted by molar-refractivity contribution is -0.111. The quantitative estimate of drug-likeness (QED) is 0.669. The highest BCUT2D eigenvalue weighted by atomic mass is 16.3. The van der Waals surface area contributed by atoms with E-state index < -0.39 is 5.60 Å². The first kappa shape index (κ1) is 12.2. The van der Waals surface area contributed by atoms with Crippen molar-refractivity contribution in [1.29, 1.82) is 0 Å². The van der Waals surface area contributed by atoms with Crippen LogP contribution in [0.4, 0.5) is 0 Å². The first-order valence-electron chi connectivity index (χ1n) is 6.85. The summed E-state index contributed by atoms with van der Waals surface area (Å²) in [5.41, 5.74) is 1.07. The normalized spacial score (nSPS) is 44.1. The van der Waals surface area contributed by atoms with Crippen molar-refractivity contribution in [3.63, 3.8) is 0 Å². The number of hydrogen-bond donors (Lipinski definition) is 1. The summed E-state index contributed by atoms with van der Waals surface area (Å²) in [6.07, 6.45) is 6.93. The number of aliphatic hydroxyl groups is 1. The summed E-state index contributed by atoms with van der Waals surface area (Å²) in [6, 6.07) is 0. The second kappa shape index (κ2) is 4.18. The molecule has 1 saturated carbocycles. The lowest BCUT2D eigenvalue weighted by Crippen LogP contribution is -2.52. The van der Waals surface area contributed by atoms with Crippen molar-refractivity contribution in [3.8, 4) is 0 Å². The maximum atomic E-state index is 11.0. The first-order valence-corrected chi connectivity index (χ1v) is 6.85. The molecule has 0 aliphatic heterocycles. The minimum absolute atomic E-state index is 0.407. The first-order chi connectivity index (χ1) is 7.45. The van der Waals surface area contributed by atoms with Gasteiger partial charge in [0, 0.05) is 5.92 Å². The second-order valence-electron chi connectivity index (χ2n) is 6.42. The lowest BCUT2D eigenvalue weighted by atomic mass is 9.57. The molecule has 0 unspecified atom stereocenters. The van der Waals surface area contributed by atoms with E-state index in [1.54, 1.807) is 0 Å². The third-order valence-electron chi connectivity index (χ3n) is 5.07. The van der Waals surface area contributed by atoms with Gasteiger partial charge in [0.25, 0.3) is 0 Å². The lowest BCUT2D eigenvalue weighted by Gasteiger charge is -2.51. The van der Waals surface area contributed by atoms with Crippen molar-refractivity contribution in [1.82, 2.24) is 0 Å². The molecule has 0 spiro atoms. The third-order valence-corrected chi connectivity index (χ3v) is 5.07. The van der Waals surface area contributed by atoms with Crippen LogP contribution in [0.5, 0.6) is 0 Å². The molecule has 1 heteroatoms. The average Bonchev–Trinajstić information content (AvgIpc) is 2.21. The molecule has 1 nitrogen and oxygen atoms in total. The molecule has 0 heterocycles. The highest BCUT2D eigenvalue weighted by Crippen LogP contribution is 2.50. The van der Waals surface area contributed by atoms with E-state index in [-0.39, 0.29) is 0 Å². The van der Waals surface area contributed by atoms with Gasteiger partial charge >= 0.3 is 0 Å². The van der Waals surface area contributed by atoms with Gasteiger partial charge in [-0.15, -0.1) is 0 Å². The van der Waals surface area contributed by atoms with Crippen LogP contribution in [0.2, 0.25) is 0 Å². The Labute approximate surface area is 99.9 Å². The standard InChI is InChI=1S/C15H26O/c1-10(2)13-6-5-12(4)15(16)8-7-11(3)9-14(13)15/h9-10,12-14,16H,5-8H2,1-4H3/t12-,13-,14-,15-/m1/s1. The van der Waals surface area contributed by atoms with Crippen molar-refractivity contribution in [3.05, 3.63) is 11.6 Å². The summed E-state index contributed by atoms with van der Waals surface area (Å²) >= 11 is 0. The SMILES string of the molecule is CC1=C[C@@H]2[C@@H](C(C)C)CC[C@@H](C)[C@]2(O)CC1. The molecule has 4 atom stereocenters. The van der Waals surface area contributed by atoms with Gasteiger partial charge in [0.2, 0.25) is 0 Å². The molecule has 2 rings (SSSR count). The minimum Gasteiger partial charge on any atom is -0.389 e. The highest BCUT2D eigenvalue weighted by Gasteiger charge is 2.49. The predicted octanol–water partition coefficient (Wildman–Crippen LogP) is 3.78. The van der Waals surface area contributed by atoms with E-state index >= 15 is 0 Å². The molecule has 16 heavy (non-hydrogen) atoms. The molecule has 0 bridgehead atoms. The molecule has 1 N–H and O–H groups in total. The largest absolute Gasteiger partial charge is 0.389 e. The van der Waals surface area contributed by atoms with E-state index in [4.69, 9.17) is 0 Å². The molecule has 1 fully saturated rings. The van der Waals surface area contributed by atoms with Crippen LogP contribution in [0, 0.1) is 23.7 Å². The van der Waals surface area contributed by atoms with Gasteiger partial charge in [0.15, 0.2) is 0 Å². The fraction of sp³-hybridized carbons (Fsp3) is 0.867. The molecule has 92 valence electrons. The molecule has 0 amide bonds. The zero-order chi connectivity index (χ0) is 11.9. The van der Waals surface area contributed by atoms with Crippen molar-refractivity contribution in [2.45, 2.75) is 59.0 Å². The van der Waals surface area contributed by atoms with Crippen LogP contribution in [0.25, 0.3) is 0 Å². The van der Waals surface area contributed by atoms with Gasteiger partial charge in [0.1, 0.15) is 0 Å². The van der Waals surface area contributed by atoms with Crippen molar-refractivity contribution < 1.29 is 5.11 Å². The third kappa shape index (κ3) is 1.84. The second-order valence-corrected chi connectivity index (χ2v) is 6.42. The molecular weight excluding hydrogens is 196 g/mol. The Bertz CT molecular complexity index is 292. The van der Waals surface area contributed by atoms with Crippen molar-refractivity contribution >= 4 is 0 Å². The van der Waals surface area contributed by atoms with Gasteiger partial charge in [-0.3, -0.25) is 0 Å². The summed E-state index contributed by atoms with van der Waals surface area (Å²) in [5, 5.41) is 11.0. The molecule has 0 aromatic rings.